The Hall–Kier alpha value is -0.350. The zero-order valence-corrected chi connectivity index (χ0v) is 16.1. The maximum Gasteiger partial charge on any atom is 0.0945 e. The molecule has 3 rings (SSSR count). The quantitative estimate of drug-likeness (QED) is 0.503. The second kappa shape index (κ2) is 8.66. The van der Waals surface area contributed by atoms with Crippen LogP contribution in [0.4, 0.5) is 0 Å². The first-order valence-electron chi connectivity index (χ1n) is 10.3. The predicted octanol–water partition coefficient (Wildman–Crippen LogP) is 6.80. The summed E-state index contributed by atoms with van der Waals surface area (Å²) in [4.78, 5) is 0. The Morgan fingerprint density at radius 2 is 1.30 bits per heavy atom. The molecule has 0 aliphatic heterocycles. The van der Waals surface area contributed by atoms with Crippen LogP contribution in [-0.4, -0.2) is 17.5 Å². The fraction of sp³-hybridized carbons (Fsp3) is 0.727. The van der Waals surface area contributed by atoms with Crippen LogP contribution in [0.2, 0.25) is 0 Å². The van der Waals surface area contributed by atoms with Crippen LogP contribution < -0.4 is 5.30 Å². The van der Waals surface area contributed by atoms with Gasteiger partial charge in [0.15, 0.2) is 0 Å². The SMILES string of the molecule is CCCC[P+](c1ccccc1)(C1CCCCC1)C1CCCCC1. The maximum atomic E-state index is 2.52. The van der Waals surface area contributed by atoms with Crippen LogP contribution in [0.25, 0.3) is 0 Å². The number of hydrogen-bond acceptors (Lipinski definition) is 0. The van der Waals surface area contributed by atoms with E-state index in [1.807, 2.05) is 0 Å². The average molecular weight is 332 g/mol. The van der Waals surface area contributed by atoms with E-state index in [1.54, 1.807) is 11.5 Å². The molecule has 1 aromatic carbocycles. The van der Waals surface area contributed by atoms with Gasteiger partial charge in [0.05, 0.1) is 30.0 Å². The third kappa shape index (κ3) is 3.84. The molecule has 1 aromatic rings. The van der Waals surface area contributed by atoms with E-state index in [0.29, 0.717) is 0 Å². The monoisotopic (exact) mass is 331 g/mol. The van der Waals surface area contributed by atoms with Crippen molar-refractivity contribution in [3.8, 4) is 0 Å². The molecule has 2 aliphatic rings. The number of hydrogen-bond donors (Lipinski definition) is 0. The smallest absolute Gasteiger partial charge is 0.0652 e. The van der Waals surface area contributed by atoms with Gasteiger partial charge < -0.3 is 0 Å². The van der Waals surface area contributed by atoms with Gasteiger partial charge in [-0.3, -0.25) is 0 Å². The number of benzene rings is 1. The van der Waals surface area contributed by atoms with E-state index >= 15 is 0 Å². The summed E-state index contributed by atoms with van der Waals surface area (Å²) in [5, 5.41) is 1.80. The van der Waals surface area contributed by atoms with Crippen LogP contribution in [0.1, 0.15) is 84.0 Å². The molecule has 0 radical (unpaired) electrons. The molecule has 1 heteroatoms. The fourth-order valence-electron chi connectivity index (χ4n) is 5.42. The second-order valence-electron chi connectivity index (χ2n) is 7.93. The highest BCUT2D eigenvalue weighted by molar-refractivity contribution is 7.84. The molecular formula is C22H36P+. The first-order valence-corrected chi connectivity index (χ1v) is 12.4. The van der Waals surface area contributed by atoms with Gasteiger partial charge >= 0.3 is 0 Å². The topological polar surface area (TPSA) is 0 Å². The molecule has 0 bridgehead atoms. The molecule has 0 spiro atoms. The van der Waals surface area contributed by atoms with Crippen LogP contribution in [-0.2, 0) is 0 Å². The Morgan fingerprint density at radius 3 is 1.78 bits per heavy atom. The average Bonchev–Trinajstić information content (AvgIpc) is 2.65. The highest BCUT2D eigenvalue weighted by atomic mass is 31.2. The van der Waals surface area contributed by atoms with Crippen molar-refractivity contribution in [1.29, 1.82) is 0 Å². The first kappa shape index (κ1) is 17.5. The zero-order chi connectivity index (χ0) is 16.0. The molecule has 0 N–H and O–H groups in total. The Balaban J connectivity index is 1.99. The Bertz CT molecular complexity index is 422. The molecule has 0 saturated heterocycles. The van der Waals surface area contributed by atoms with E-state index < -0.39 is 7.26 Å². The fourth-order valence-corrected chi connectivity index (χ4v) is 12.0. The van der Waals surface area contributed by atoms with E-state index in [-0.39, 0.29) is 0 Å². The minimum Gasteiger partial charge on any atom is -0.0652 e. The van der Waals surface area contributed by atoms with Crippen LogP contribution in [0.5, 0.6) is 0 Å². The predicted molar refractivity (Wildman–Crippen MR) is 107 cm³/mol. The van der Waals surface area contributed by atoms with Crippen molar-refractivity contribution in [1.82, 2.24) is 0 Å². The lowest BCUT2D eigenvalue weighted by molar-refractivity contribution is 0.480. The van der Waals surface area contributed by atoms with E-state index in [1.165, 1.54) is 77.0 Å². The molecule has 23 heavy (non-hydrogen) atoms. The third-order valence-corrected chi connectivity index (χ3v) is 12.5. The molecule has 2 fully saturated rings. The molecule has 0 unspecified atom stereocenters. The maximum absolute atomic E-state index is 2.52. The van der Waals surface area contributed by atoms with Gasteiger partial charge in [-0.05, 0) is 69.9 Å². The van der Waals surface area contributed by atoms with Crippen molar-refractivity contribution in [3.63, 3.8) is 0 Å². The van der Waals surface area contributed by atoms with Gasteiger partial charge in [0, 0.05) is 0 Å². The molecule has 0 atom stereocenters. The molecule has 128 valence electrons. The zero-order valence-electron chi connectivity index (χ0n) is 15.2. The summed E-state index contributed by atoms with van der Waals surface area (Å²) in [7, 11) is -1.02. The van der Waals surface area contributed by atoms with Crippen LogP contribution in [0.3, 0.4) is 0 Å². The van der Waals surface area contributed by atoms with Crippen molar-refractivity contribution >= 4 is 12.6 Å². The molecular weight excluding hydrogens is 295 g/mol. The van der Waals surface area contributed by atoms with E-state index in [2.05, 4.69) is 37.3 Å². The lowest BCUT2D eigenvalue weighted by atomic mass is 9.99. The molecule has 0 heterocycles. The van der Waals surface area contributed by atoms with E-state index in [4.69, 9.17) is 0 Å². The van der Waals surface area contributed by atoms with Crippen molar-refractivity contribution in [2.24, 2.45) is 0 Å². The minimum atomic E-state index is -1.02. The van der Waals surface area contributed by atoms with Gasteiger partial charge in [-0.15, -0.1) is 0 Å². The highest BCUT2D eigenvalue weighted by Gasteiger charge is 2.53. The Kier molecular flexibility index (Phi) is 6.58. The summed E-state index contributed by atoms with van der Waals surface area (Å²) >= 11 is 0. The second-order valence-corrected chi connectivity index (χ2v) is 12.2. The van der Waals surface area contributed by atoms with Gasteiger partial charge in [-0.2, -0.15) is 0 Å². The lowest BCUT2D eigenvalue weighted by Crippen LogP contribution is -2.36. The summed E-state index contributed by atoms with van der Waals surface area (Å²) < 4.78 is 0. The number of unbranched alkanes of at least 4 members (excludes halogenated alkanes) is 1. The summed E-state index contributed by atoms with van der Waals surface area (Å²) in [5.74, 6) is 0. The van der Waals surface area contributed by atoms with Gasteiger partial charge in [-0.25, -0.2) is 0 Å². The van der Waals surface area contributed by atoms with Gasteiger partial charge in [0.2, 0.25) is 0 Å². The summed E-state index contributed by atoms with van der Waals surface area (Å²) in [6.45, 7) is 2.39. The Labute approximate surface area is 144 Å². The largest absolute Gasteiger partial charge is 0.0945 e. The van der Waals surface area contributed by atoms with E-state index in [0.717, 1.165) is 11.3 Å². The lowest BCUT2D eigenvalue weighted by Gasteiger charge is -2.43. The summed E-state index contributed by atoms with van der Waals surface area (Å²) in [6.07, 6.45) is 19.5. The molecule has 0 aromatic heterocycles. The van der Waals surface area contributed by atoms with Crippen LogP contribution in [0.15, 0.2) is 30.3 Å². The highest BCUT2D eigenvalue weighted by Crippen LogP contribution is 2.71. The van der Waals surface area contributed by atoms with Crippen molar-refractivity contribution in [2.45, 2.75) is 95.3 Å². The minimum absolute atomic E-state index is 1.02. The van der Waals surface area contributed by atoms with Crippen molar-refractivity contribution in [3.05, 3.63) is 30.3 Å². The van der Waals surface area contributed by atoms with Gasteiger partial charge in [0.1, 0.15) is 0 Å². The van der Waals surface area contributed by atoms with E-state index in [9.17, 15) is 0 Å². The molecule has 0 nitrogen and oxygen atoms in total. The Morgan fingerprint density at radius 1 is 0.783 bits per heavy atom. The third-order valence-electron chi connectivity index (χ3n) is 6.57. The van der Waals surface area contributed by atoms with Crippen LogP contribution in [0, 0.1) is 0 Å². The summed E-state index contributed by atoms with van der Waals surface area (Å²) in [5.41, 5.74) is 2.10. The van der Waals surface area contributed by atoms with Crippen LogP contribution >= 0.6 is 7.26 Å². The van der Waals surface area contributed by atoms with Crippen molar-refractivity contribution < 1.29 is 0 Å². The molecule has 2 saturated carbocycles. The normalized spacial score (nSPS) is 21.4. The summed E-state index contributed by atoms with van der Waals surface area (Å²) in [6, 6.07) is 11.9. The first-order chi connectivity index (χ1) is 11.4. The van der Waals surface area contributed by atoms with Crippen molar-refractivity contribution in [2.75, 3.05) is 6.16 Å². The van der Waals surface area contributed by atoms with Gasteiger partial charge in [-0.1, -0.05) is 44.4 Å². The molecule has 2 aliphatic carbocycles. The number of rotatable bonds is 6. The molecule has 0 amide bonds. The standard InChI is InChI=1S/C22H36P/c1-2-3-19-23(20-13-7-4-8-14-20,21-15-9-5-10-16-21)22-17-11-6-12-18-22/h4,7-8,13-14,21-22H,2-3,5-6,9-12,15-19H2,1H3/q+1. The van der Waals surface area contributed by atoms with Gasteiger partial charge in [0.25, 0.3) is 0 Å².